The van der Waals surface area contributed by atoms with Crippen LogP contribution in [0.25, 0.3) is 11.4 Å². The quantitative estimate of drug-likeness (QED) is 0.893. The van der Waals surface area contributed by atoms with E-state index in [1.165, 1.54) is 0 Å². The van der Waals surface area contributed by atoms with Gasteiger partial charge in [-0.3, -0.25) is 0 Å². The van der Waals surface area contributed by atoms with Crippen molar-refractivity contribution in [1.82, 2.24) is 15.0 Å². The van der Waals surface area contributed by atoms with Crippen LogP contribution in [-0.2, 0) is 6.42 Å². The Labute approximate surface area is 106 Å². The van der Waals surface area contributed by atoms with Gasteiger partial charge in [0, 0.05) is 5.56 Å². The Morgan fingerprint density at radius 3 is 2.61 bits per heavy atom. The Kier molecular flexibility index (Phi) is 3.41. The minimum atomic E-state index is 0.242. The summed E-state index contributed by atoms with van der Waals surface area (Å²) in [5.74, 6) is 2.33. The first-order valence-electron chi connectivity index (χ1n) is 5.79. The maximum Gasteiger partial charge on any atom is 0.223 e. The van der Waals surface area contributed by atoms with Crippen molar-refractivity contribution in [3.63, 3.8) is 0 Å². The van der Waals surface area contributed by atoms with Crippen LogP contribution in [0, 0.1) is 6.92 Å². The highest BCUT2D eigenvalue weighted by Gasteiger charge is 2.08. The van der Waals surface area contributed by atoms with Gasteiger partial charge < -0.3 is 10.5 Å². The zero-order chi connectivity index (χ0) is 13.1. The summed E-state index contributed by atoms with van der Waals surface area (Å²) in [7, 11) is 1.67. The highest BCUT2D eigenvalue weighted by atomic mass is 16.5. The maximum atomic E-state index is 5.64. The van der Waals surface area contributed by atoms with Crippen molar-refractivity contribution in [2.75, 3.05) is 12.8 Å². The highest BCUT2D eigenvalue weighted by Crippen LogP contribution is 2.25. The highest BCUT2D eigenvalue weighted by molar-refractivity contribution is 5.59. The molecule has 0 radical (unpaired) electrons. The number of nitrogens with zero attached hydrogens (tertiary/aromatic N) is 3. The molecule has 0 atom stereocenters. The topological polar surface area (TPSA) is 73.9 Å². The Morgan fingerprint density at radius 2 is 2.00 bits per heavy atom. The van der Waals surface area contributed by atoms with Crippen LogP contribution in [0.2, 0.25) is 0 Å². The first-order chi connectivity index (χ1) is 8.63. The largest absolute Gasteiger partial charge is 0.496 e. The molecule has 94 valence electrons. The number of aromatic nitrogens is 3. The molecule has 2 aromatic rings. The van der Waals surface area contributed by atoms with Gasteiger partial charge >= 0.3 is 0 Å². The first-order valence-corrected chi connectivity index (χ1v) is 5.79. The molecule has 1 heterocycles. The number of methoxy groups -OCH3 is 1. The molecule has 1 aromatic carbocycles. The van der Waals surface area contributed by atoms with Gasteiger partial charge in [0.25, 0.3) is 0 Å². The molecule has 0 fully saturated rings. The lowest BCUT2D eigenvalue weighted by Gasteiger charge is -2.09. The van der Waals surface area contributed by atoms with Crippen molar-refractivity contribution in [2.24, 2.45) is 0 Å². The average Bonchev–Trinajstić information content (AvgIpc) is 2.36. The molecule has 0 spiro atoms. The molecule has 1 aromatic heterocycles. The predicted molar refractivity (Wildman–Crippen MR) is 70.3 cm³/mol. The number of aryl methyl sites for hydroxylation is 2. The predicted octanol–water partition coefficient (Wildman–Crippen LogP) is 2.00. The van der Waals surface area contributed by atoms with Crippen LogP contribution in [0.3, 0.4) is 0 Å². The Balaban J connectivity index is 2.50. The number of nitrogen functional groups attached to an aromatic ring is 1. The molecule has 0 aliphatic rings. The van der Waals surface area contributed by atoms with Gasteiger partial charge in [-0.2, -0.15) is 9.97 Å². The normalized spacial score (nSPS) is 10.4. The number of hydrogen-bond acceptors (Lipinski definition) is 5. The van der Waals surface area contributed by atoms with Crippen LogP contribution in [-0.4, -0.2) is 22.1 Å². The summed E-state index contributed by atoms with van der Waals surface area (Å²) in [6, 6.07) is 5.86. The van der Waals surface area contributed by atoms with E-state index in [0.717, 1.165) is 23.3 Å². The second-order valence-corrected chi connectivity index (χ2v) is 3.94. The van der Waals surface area contributed by atoms with E-state index in [1.807, 2.05) is 18.2 Å². The number of ether oxygens (including phenoxy) is 1. The van der Waals surface area contributed by atoms with Crippen LogP contribution < -0.4 is 10.5 Å². The van der Waals surface area contributed by atoms with Crippen LogP contribution in [0.4, 0.5) is 5.95 Å². The number of rotatable bonds is 3. The number of nitrogens with two attached hydrogens (primary N) is 1. The van der Waals surface area contributed by atoms with Gasteiger partial charge in [0.05, 0.1) is 7.11 Å². The van der Waals surface area contributed by atoms with Crippen molar-refractivity contribution < 1.29 is 4.74 Å². The fourth-order valence-corrected chi connectivity index (χ4v) is 1.83. The molecule has 0 aliphatic carbocycles. The van der Waals surface area contributed by atoms with Crippen molar-refractivity contribution in [2.45, 2.75) is 20.3 Å². The summed E-state index contributed by atoms with van der Waals surface area (Å²) in [4.78, 5) is 12.4. The van der Waals surface area contributed by atoms with E-state index in [1.54, 1.807) is 14.0 Å². The third-order valence-corrected chi connectivity index (χ3v) is 2.68. The smallest absolute Gasteiger partial charge is 0.223 e. The number of benzene rings is 1. The Morgan fingerprint density at radius 1 is 1.22 bits per heavy atom. The molecule has 5 nitrogen and oxygen atoms in total. The molecule has 2 N–H and O–H groups in total. The van der Waals surface area contributed by atoms with E-state index in [9.17, 15) is 0 Å². The van der Waals surface area contributed by atoms with Gasteiger partial charge in [0.15, 0.2) is 5.82 Å². The molecule has 0 amide bonds. The molecule has 0 unspecified atom stereocenters. The third kappa shape index (κ3) is 2.40. The molecule has 2 rings (SSSR count). The summed E-state index contributed by atoms with van der Waals surface area (Å²) in [6.07, 6.45) is 0.885. The van der Waals surface area contributed by atoms with E-state index in [4.69, 9.17) is 10.5 Å². The van der Waals surface area contributed by atoms with Crippen LogP contribution in [0.1, 0.15) is 18.3 Å². The van der Waals surface area contributed by atoms with Crippen molar-refractivity contribution >= 4 is 5.95 Å². The Bertz CT molecular complexity index is 549. The minimum Gasteiger partial charge on any atom is -0.496 e. The van der Waals surface area contributed by atoms with E-state index >= 15 is 0 Å². The third-order valence-electron chi connectivity index (χ3n) is 2.68. The van der Waals surface area contributed by atoms with E-state index in [2.05, 4.69) is 21.9 Å². The second kappa shape index (κ2) is 5.00. The summed E-state index contributed by atoms with van der Waals surface area (Å²) in [5.41, 5.74) is 7.67. The molecule has 0 saturated carbocycles. The van der Waals surface area contributed by atoms with Gasteiger partial charge in [0.2, 0.25) is 5.95 Å². The maximum absolute atomic E-state index is 5.64. The number of anilines is 1. The second-order valence-electron chi connectivity index (χ2n) is 3.94. The molecule has 0 aliphatic heterocycles. The lowest BCUT2D eigenvalue weighted by molar-refractivity contribution is 0.410. The van der Waals surface area contributed by atoms with E-state index < -0.39 is 0 Å². The van der Waals surface area contributed by atoms with E-state index in [-0.39, 0.29) is 5.95 Å². The van der Waals surface area contributed by atoms with Crippen LogP contribution >= 0.6 is 0 Å². The Hall–Kier alpha value is -2.17. The fraction of sp³-hybridized carbons (Fsp3) is 0.308. The monoisotopic (exact) mass is 244 g/mol. The average molecular weight is 244 g/mol. The lowest BCUT2D eigenvalue weighted by Crippen LogP contribution is -2.02. The molecule has 0 saturated heterocycles. The standard InChI is InChI=1S/C13H16N4O/c1-4-9-7-10(5-6-11(9)18-3)12-15-8(2)16-13(14)17-12/h5-7H,4H2,1-3H3,(H2,14,15,16,17). The summed E-state index contributed by atoms with van der Waals surface area (Å²) in [5, 5.41) is 0. The zero-order valence-electron chi connectivity index (χ0n) is 10.8. The van der Waals surface area contributed by atoms with Crippen LogP contribution in [0.15, 0.2) is 18.2 Å². The number of hydrogen-bond donors (Lipinski definition) is 1. The van der Waals surface area contributed by atoms with Gasteiger partial charge in [0.1, 0.15) is 11.6 Å². The van der Waals surface area contributed by atoms with Gasteiger partial charge in [-0.05, 0) is 37.1 Å². The summed E-state index contributed by atoms with van der Waals surface area (Å²) >= 11 is 0. The SMILES string of the molecule is CCc1cc(-c2nc(C)nc(N)n2)ccc1OC. The van der Waals surface area contributed by atoms with Crippen molar-refractivity contribution in [1.29, 1.82) is 0 Å². The fourth-order valence-electron chi connectivity index (χ4n) is 1.83. The molecule has 18 heavy (non-hydrogen) atoms. The molecular formula is C13H16N4O. The van der Waals surface area contributed by atoms with Crippen molar-refractivity contribution in [3.05, 3.63) is 29.6 Å². The zero-order valence-corrected chi connectivity index (χ0v) is 10.8. The lowest BCUT2D eigenvalue weighted by atomic mass is 10.1. The van der Waals surface area contributed by atoms with Crippen LogP contribution in [0.5, 0.6) is 5.75 Å². The first kappa shape index (κ1) is 12.3. The molecular weight excluding hydrogens is 228 g/mol. The molecule has 0 bridgehead atoms. The molecule has 5 heteroatoms. The van der Waals surface area contributed by atoms with Gasteiger partial charge in [-0.1, -0.05) is 6.92 Å². The minimum absolute atomic E-state index is 0.242. The van der Waals surface area contributed by atoms with Crippen molar-refractivity contribution in [3.8, 4) is 17.1 Å². The summed E-state index contributed by atoms with van der Waals surface area (Å²) in [6.45, 7) is 3.88. The van der Waals surface area contributed by atoms with E-state index in [0.29, 0.717) is 11.6 Å². The van der Waals surface area contributed by atoms with Gasteiger partial charge in [-0.25, -0.2) is 4.98 Å². The summed E-state index contributed by atoms with van der Waals surface area (Å²) < 4.78 is 5.30. The van der Waals surface area contributed by atoms with Gasteiger partial charge in [-0.15, -0.1) is 0 Å².